The highest BCUT2D eigenvalue weighted by molar-refractivity contribution is 7.27. The maximum absolute atomic E-state index is 3.65. The van der Waals surface area contributed by atoms with Crippen molar-refractivity contribution in [2.45, 2.75) is 0 Å². The number of benzene rings is 5. The molecule has 2 aromatic heterocycles. The first-order valence-electron chi connectivity index (χ1n) is 9.54. The van der Waals surface area contributed by atoms with Crippen molar-refractivity contribution in [3.8, 4) is 0 Å². The fraction of sp³-hybridized carbons (Fsp3) is 0. The zero-order valence-corrected chi connectivity index (χ0v) is 15.8. The van der Waals surface area contributed by atoms with E-state index in [2.05, 4.69) is 89.9 Å². The van der Waals surface area contributed by atoms with Gasteiger partial charge in [0, 0.05) is 42.0 Å². The van der Waals surface area contributed by atoms with Gasteiger partial charge in [0.05, 0.1) is 0 Å². The smallest absolute Gasteiger partial charge is 0.0479 e. The first-order chi connectivity index (χ1) is 13.9. The lowest BCUT2D eigenvalue weighted by Crippen LogP contribution is -1.73. The van der Waals surface area contributed by atoms with Gasteiger partial charge in [-0.3, -0.25) is 0 Å². The van der Waals surface area contributed by atoms with Crippen LogP contribution in [0.4, 0.5) is 0 Å². The molecule has 0 aliphatic rings. The van der Waals surface area contributed by atoms with E-state index in [0.717, 1.165) is 0 Å². The van der Waals surface area contributed by atoms with E-state index in [9.17, 15) is 0 Å². The molecular weight excluding hydrogens is 358 g/mol. The average Bonchev–Trinajstić information content (AvgIpc) is 3.29. The summed E-state index contributed by atoms with van der Waals surface area (Å²) in [6.07, 6.45) is 0. The Morgan fingerprint density at radius 2 is 1.21 bits per heavy atom. The number of hydrogen-bond acceptors (Lipinski definition) is 1. The molecule has 0 bridgehead atoms. The summed E-state index contributed by atoms with van der Waals surface area (Å²) in [7, 11) is 0. The second-order valence-corrected chi connectivity index (χ2v) is 8.52. The van der Waals surface area contributed by atoms with Gasteiger partial charge in [-0.2, -0.15) is 0 Å². The molecule has 28 heavy (non-hydrogen) atoms. The standard InChI is InChI=1S/C26H15NS/c1-2-7-17-14-23-21(13-16(17)6-1)24-22(27-23)12-11-20-19-10-9-15-5-3-4-8-18(15)25(19)28-26(20)24/h1-14,27H. The van der Waals surface area contributed by atoms with Crippen molar-refractivity contribution in [3.05, 3.63) is 84.9 Å². The van der Waals surface area contributed by atoms with E-state index in [1.165, 1.54) is 63.5 Å². The summed E-state index contributed by atoms with van der Waals surface area (Å²) in [4.78, 5) is 3.65. The molecule has 0 saturated heterocycles. The van der Waals surface area contributed by atoms with Crippen molar-refractivity contribution in [1.82, 2.24) is 4.98 Å². The summed E-state index contributed by atoms with van der Waals surface area (Å²) in [5.41, 5.74) is 2.43. The fourth-order valence-electron chi connectivity index (χ4n) is 4.64. The minimum atomic E-state index is 1.21. The van der Waals surface area contributed by atoms with Gasteiger partial charge >= 0.3 is 0 Å². The molecule has 7 aromatic rings. The molecule has 0 atom stereocenters. The molecular formula is C26H15NS. The molecule has 5 aromatic carbocycles. The summed E-state index contributed by atoms with van der Waals surface area (Å²) >= 11 is 1.93. The van der Waals surface area contributed by atoms with Gasteiger partial charge in [0.2, 0.25) is 0 Å². The van der Waals surface area contributed by atoms with E-state index in [1.54, 1.807) is 0 Å². The Bertz CT molecular complexity index is 1720. The molecule has 2 heterocycles. The van der Waals surface area contributed by atoms with E-state index >= 15 is 0 Å². The Labute approximate surface area is 164 Å². The highest BCUT2D eigenvalue weighted by Gasteiger charge is 2.14. The molecule has 2 heteroatoms. The van der Waals surface area contributed by atoms with Gasteiger partial charge in [0.1, 0.15) is 0 Å². The van der Waals surface area contributed by atoms with Crippen LogP contribution in [0.1, 0.15) is 0 Å². The highest BCUT2D eigenvalue weighted by atomic mass is 32.1. The number of nitrogens with one attached hydrogen (secondary N) is 1. The minimum Gasteiger partial charge on any atom is -0.354 e. The van der Waals surface area contributed by atoms with Gasteiger partial charge in [0.25, 0.3) is 0 Å². The van der Waals surface area contributed by atoms with Crippen molar-refractivity contribution in [2.75, 3.05) is 0 Å². The normalized spacial score (nSPS) is 12.3. The number of aromatic nitrogens is 1. The predicted octanol–water partition coefficient (Wildman–Crippen LogP) is 8.00. The minimum absolute atomic E-state index is 1.21. The van der Waals surface area contributed by atoms with Gasteiger partial charge in [-0.05, 0) is 39.7 Å². The number of aromatic amines is 1. The Balaban J connectivity index is 1.73. The summed E-state index contributed by atoms with van der Waals surface area (Å²) in [5.74, 6) is 0. The predicted molar refractivity (Wildman–Crippen MR) is 124 cm³/mol. The SMILES string of the molecule is c1ccc2cc3c(cc2c1)[nH]c1ccc2c4ccc5ccccc5c4sc2c13. The molecule has 1 N–H and O–H groups in total. The topological polar surface area (TPSA) is 15.8 Å². The van der Waals surface area contributed by atoms with E-state index < -0.39 is 0 Å². The number of thiophene rings is 1. The quantitative estimate of drug-likeness (QED) is 0.277. The number of fused-ring (bicyclic) bond motifs is 10. The Morgan fingerprint density at radius 3 is 2.11 bits per heavy atom. The van der Waals surface area contributed by atoms with Crippen LogP contribution in [0, 0.1) is 0 Å². The second kappa shape index (κ2) is 5.12. The maximum atomic E-state index is 3.65. The van der Waals surface area contributed by atoms with E-state index in [0.29, 0.717) is 0 Å². The summed E-state index contributed by atoms with van der Waals surface area (Å²) in [6, 6.07) is 31.0. The van der Waals surface area contributed by atoms with Gasteiger partial charge in [0.15, 0.2) is 0 Å². The van der Waals surface area contributed by atoms with Crippen LogP contribution in [0.3, 0.4) is 0 Å². The third-order valence-corrected chi connectivity index (χ3v) is 7.23. The third-order valence-electron chi connectivity index (χ3n) is 5.96. The van der Waals surface area contributed by atoms with Crippen molar-refractivity contribution < 1.29 is 0 Å². The number of rotatable bonds is 0. The molecule has 0 aliphatic heterocycles. The molecule has 130 valence electrons. The molecule has 7 rings (SSSR count). The number of hydrogen-bond donors (Lipinski definition) is 1. The largest absolute Gasteiger partial charge is 0.354 e. The summed E-state index contributed by atoms with van der Waals surface area (Å²) in [5, 5.41) is 10.6. The maximum Gasteiger partial charge on any atom is 0.0479 e. The third kappa shape index (κ3) is 1.81. The lowest BCUT2D eigenvalue weighted by Gasteiger charge is -1.99. The number of H-pyrrole nitrogens is 1. The van der Waals surface area contributed by atoms with Crippen molar-refractivity contribution >= 4 is 74.9 Å². The first-order valence-corrected chi connectivity index (χ1v) is 10.4. The molecule has 0 saturated carbocycles. The van der Waals surface area contributed by atoms with Gasteiger partial charge in [-0.25, -0.2) is 0 Å². The van der Waals surface area contributed by atoms with E-state index in [4.69, 9.17) is 0 Å². The van der Waals surface area contributed by atoms with Crippen molar-refractivity contribution in [2.24, 2.45) is 0 Å². The molecule has 0 radical (unpaired) electrons. The molecule has 0 fully saturated rings. The molecule has 0 unspecified atom stereocenters. The van der Waals surface area contributed by atoms with Crippen LogP contribution in [-0.2, 0) is 0 Å². The van der Waals surface area contributed by atoms with Crippen LogP contribution < -0.4 is 0 Å². The van der Waals surface area contributed by atoms with Gasteiger partial charge < -0.3 is 4.98 Å². The average molecular weight is 373 g/mol. The zero-order chi connectivity index (χ0) is 18.2. The van der Waals surface area contributed by atoms with Gasteiger partial charge in [-0.1, -0.05) is 66.7 Å². The van der Waals surface area contributed by atoms with Crippen LogP contribution in [0.5, 0.6) is 0 Å². The fourth-order valence-corrected chi connectivity index (χ4v) is 6.03. The lowest BCUT2D eigenvalue weighted by molar-refractivity contribution is 1.56. The Morgan fingerprint density at radius 1 is 0.500 bits per heavy atom. The summed E-state index contributed by atoms with van der Waals surface area (Å²) < 4.78 is 2.76. The van der Waals surface area contributed by atoms with Crippen LogP contribution in [-0.4, -0.2) is 4.98 Å². The highest BCUT2D eigenvalue weighted by Crippen LogP contribution is 2.43. The summed E-state index contributed by atoms with van der Waals surface area (Å²) in [6.45, 7) is 0. The van der Waals surface area contributed by atoms with E-state index in [1.807, 2.05) is 11.3 Å². The van der Waals surface area contributed by atoms with E-state index in [-0.39, 0.29) is 0 Å². The lowest BCUT2D eigenvalue weighted by atomic mass is 10.0. The molecule has 0 spiro atoms. The van der Waals surface area contributed by atoms with Crippen LogP contribution >= 0.6 is 11.3 Å². The molecule has 1 nitrogen and oxygen atoms in total. The zero-order valence-electron chi connectivity index (χ0n) is 15.0. The van der Waals surface area contributed by atoms with Gasteiger partial charge in [-0.15, -0.1) is 11.3 Å². The van der Waals surface area contributed by atoms with Crippen molar-refractivity contribution in [3.63, 3.8) is 0 Å². The second-order valence-electron chi connectivity index (χ2n) is 7.50. The van der Waals surface area contributed by atoms with Crippen LogP contribution in [0.15, 0.2) is 84.9 Å². The first kappa shape index (κ1) is 14.7. The Hall–Kier alpha value is -3.36. The van der Waals surface area contributed by atoms with Crippen molar-refractivity contribution in [1.29, 1.82) is 0 Å². The monoisotopic (exact) mass is 373 g/mol. The molecule has 0 amide bonds. The Kier molecular flexibility index (Phi) is 2.68. The van der Waals surface area contributed by atoms with Crippen LogP contribution in [0.25, 0.3) is 63.5 Å². The molecule has 0 aliphatic carbocycles. The van der Waals surface area contributed by atoms with Crippen LogP contribution in [0.2, 0.25) is 0 Å².